The molecule has 1 rings (SSSR count). The van der Waals surface area contributed by atoms with Gasteiger partial charge in [-0.2, -0.15) is 0 Å². The van der Waals surface area contributed by atoms with Crippen LogP contribution in [0.3, 0.4) is 0 Å². The molecule has 28 heavy (non-hydrogen) atoms. The van der Waals surface area contributed by atoms with Crippen LogP contribution in [-0.2, 0) is 11.2 Å². The second-order valence-corrected chi connectivity index (χ2v) is 6.73. The lowest BCUT2D eigenvalue weighted by molar-refractivity contribution is -0.132. The second-order valence-electron chi connectivity index (χ2n) is 6.73. The molecule has 0 saturated carbocycles. The highest BCUT2D eigenvalue weighted by molar-refractivity contribution is 5.86. The molecule has 0 saturated heterocycles. The number of unbranched alkanes of at least 4 members (excludes halogenated alkanes) is 5. The van der Waals surface area contributed by atoms with E-state index in [0.717, 1.165) is 37.7 Å². The number of phenols is 2. The standard InChI is InChI=1S/C24H32O4/c1-2-21(24(27)28)16-14-12-10-8-6-4-3-5-7-9-11-13-15-20-17-22(25)19-23(26)18-20/h2-3,5,7,9,11,13,17-19,25-26H,4,6,8,10,12,14-16H2,1H3,(H,27,28). The van der Waals surface area contributed by atoms with Crippen LogP contribution in [0.2, 0.25) is 0 Å². The molecule has 1 aromatic rings. The zero-order valence-electron chi connectivity index (χ0n) is 16.7. The van der Waals surface area contributed by atoms with Crippen LogP contribution in [0, 0.1) is 0 Å². The minimum absolute atomic E-state index is 0.0738. The minimum Gasteiger partial charge on any atom is -0.508 e. The molecule has 0 unspecified atom stereocenters. The summed E-state index contributed by atoms with van der Waals surface area (Å²) >= 11 is 0. The molecule has 0 atom stereocenters. The van der Waals surface area contributed by atoms with Gasteiger partial charge in [0.25, 0.3) is 0 Å². The van der Waals surface area contributed by atoms with E-state index >= 15 is 0 Å². The van der Waals surface area contributed by atoms with Crippen LogP contribution in [-0.4, -0.2) is 21.3 Å². The Balaban J connectivity index is 2.06. The molecule has 0 heterocycles. The Morgan fingerprint density at radius 1 is 0.857 bits per heavy atom. The molecule has 0 aromatic heterocycles. The Kier molecular flexibility index (Phi) is 11.9. The smallest absolute Gasteiger partial charge is 0.331 e. The summed E-state index contributed by atoms with van der Waals surface area (Å²) in [6.07, 6.45) is 21.6. The van der Waals surface area contributed by atoms with Crippen molar-refractivity contribution in [2.24, 2.45) is 0 Å². The van der Waals surface area contributed by atoms with Gasteiger partial charge in [-0.3, -0.25) is 0 Å². The monoisotopic (exact) mass is 384 g/mol. The van der Waals surface area contributed by atoms with Gasteiger partial charge in [-0.25, -0.2) is 4.79 Å². The van der Waals surface area contributed by atoms with Gasteiger partial charge < -0.3 is 15.3 Å². The highest BCUT2D eigenvalue weighted by Crippen LogP contribution is 2.20. The minimum atomic E-state index is -0.797. The lowest BCUT2D eigenvalue weighted by Crippen LogP contribution is -1.99. The third kappa shape index (κ3) is 11.1. The largest absolute Gasteiger partial charge is 0.508 e. The molecule has 0 bridgehead atoms. The summed E-state index contributed by atoms with van der Waals surface area (Å²) in [6.45, 7) is 1.78. The van der Waals surface area contributed by atoms with E-state index < -0.39 is 5.97 Å². The highest BCUT2D eigenvalue weighted by atomic mass is 16.4. The molecule has 4 heteroatoms. The molecular weight excluding hydrogens is 352 g/mol. The third-order valence-electron chi connectivity index (χ3n) is 4.36. The highest BCUT2D eigenvalue weighted by Gasteiger charge is 2.04. The fraction of sp³-hybridized carbons (Fsp3) is 0.375. The molecule has 0 amide bonds. The maximum absolute atomic E-state index is 10.9. The van der Waals surface area contributed by atoms with Gasteiger partial charge in [0.1, 0.15) is 11.5 Å². The Labute approximate surface area is 168 Å². The number of allylic oxidation sites excluding steroid dienone is 7. The van der Waals surface area contributed by atoms with E-state index in [1.54, 1.807) is 25.1 Å². The Hall–Kier alpha value is -2.75. The number of phenolic OH excluding ortho intramolecular Hbond substituents is 2. The lowest BCUT2D eigenvalue weighted by Gasteiger charge is -2.02. The number of rotatable bonds is 13. The van der Waals surface area contributed by atoms with Crippen molar-refractivity contribution in [3.8, 4) is 11.5 Å². The van der Waals surface area contributed by atoms with Crippen LogP contribution in [0.5, 0.6) is 11.5 Å². The van der Waals surface area contributed by atoms with Gasteiger partial charge in [-0.05, 0) is 56.7 Å². The molecule has 0 aliphatic rings. The first-order valence-corrected chi connectivity index (χ1v) is 9.91. The molecular formula is C24H32O4. The predicted octanol–water partition coefficient (Wildman–Crippen LogP) is 6.07. The van der Waals surface area contributed by atoms with Crippen LogP contribution >= 0.6 is 0 Å². The first kappa shape index (κ1) is 23.3. The Morgan fingerprint density at radius 2 is 1.46 bits per heavy atom. The van der Waals surface area contributed by atoms with Crippen LogP contribution in [0.4, 0.5) is 0 Å². The van der Waals surface area contributed by atoms with E-state index in [2.05, 4.69) is 6.08 Å². The maximum Gasteiger partial charge on any atom is 0.331 e. The quantitative estimate of drug-likeness (QED) is 0.219. The average molecular weight is 385 g/mol. The predicted molar refractivity (Wildman–Crippen MR) is 115 cm³/mol. The van der Waals surface area contributed by atoms with Gasteiger partial charge >= 0.3 is 5.97 Å². The van der Waals surface area contributed by atoms with Crippen LogP contribution in [0.25, 0.3) is 0 Å². The van der Waals surface area contributed by atoms with Crippen LogP contribution in [0.15, 0.2) is 66.3 Å². The Bertz CT molecular complexity index is 691. The number of carboxylic acids is 1. The number of hydrogen-bond donors (Lipinski definition) is 3. The van der Waals surface area contributed by atoms with Crippen molar-refractivity contribution < 1.29 is 20.1 Å². The SMILES string of the molecule is CC=C(CCCCCCCC=CC=CC=CCc1cc(O)cc(O)c1)C(=O)O. The van der Waals surface area contributed by atoms with Gasteiger partial charge in [0.2, 0.25) is 0 Å². The first-order chi connectivity index (χ1) is 13.5. The normalized spacial score (nSPS) is 12.5. The molecule has 0 spiro atoms. The van der Waals surface area contributed by atoms with E-state index in [0.29, 0.717) is 18.4 Å². The summed E-state index contributed by atoms with van der Waals surface area (Å²) in [4.78, 5) is 10.9. The van der Waals surface area contributed by atoms with Crippen molar-refractivity contribution in [3.05, 3.63) is 71.9 Å². The van der Waals surface area contributed by atoms with E-state index in [4.69, 9.17) is 5.11 Å². The van der Waals surface area contributed by atoms with Crippen molar-refractivity contribution in [2.75, 3.05) is 0 Å². The number of aliphatic carboxylic acids is 1. The van der Waals surface area contributed by atoms with Crippen molar-refractivity contribution in [2.45, 2.75) is 58.3 Å². The summed E-state index contributed by atoms with van der Waals surface area (Å²) in [5.74, 6) is -0.649. The number of hydrogen-bond acceptors (Lipinski definition) is 3. The maximum atomic E-state index is 10.9. The topological polar surface area (TPSA) is 77.8 Å². The molecule has 3 N–H and O–H groups in total. The van der Waals surface area contributed by atoms with E-state index in [-0.39, 0.29) is 11.5 Å². The second kappa shape index (κ2) is 14.3. The van der Waals surface area contributed by atoms with Gasteiger partial charge in [-0.1, -0.05) is 61.8 Å². The molecule has 0 aliphatic heterocycles. The molecule has 152 valence electrons. The van der Waals surface area contributed by atoms with Crippen molar-refractivity contribution in [1.29, 1.82) is 0 Å². The number of carbonyl (C=O) groups is 1. The summed E-state index contributed by atoms with van der Waals surface area (Å²) in [7, 11) is 0. The van der Waals surface area contributed by atoms with Gasteiger partial charge in [0, 0.05) is 11.6 Å². The lowest BCUT2D eigenvalue weighted by atomic mass is 10.0. The molecule has 1 aromatic carbocycles. The van der Waals surface area contributed by atoms with E-state index in [9.17, 15) is 15.0 Å². The number of aromatic hydroxyl groups is 2. The van der Waals surface area contributed by atoms with Crippen molar-refractivity contribution in [3.63, 3.8) is 0 Å². The van der Waals surface area contributed by atoms with Crippen LogP contribution in [0.1, 0.15) is 57.4 Å². The zero-order valence-corrected chi connectivity index (χ0v) is 16.7. The first-order valence-electron chi connectivity index (χ1n) is 9.91. The third-order valence-corrected chi connectivity index (χ3v) is 4.36. The van der Waals surface area contributed by atoms with Gasteiger partial charge in [0.15, 0.2) is 0 Å². The Morgan fingerprint density at radius 3 is 2.11 bits per heavy atom. The molecule has 0 aliphatic carbocycles. The zero-order chi connectivity index (χ0) is 20.6. The fourth-order valence-corrected chi connectivity index (χ4v) is 2.84. The van der Waals surface area contributed by atoms with E-state index in [1.807, 2.05) is 30.4 Å². The summed E-state index contributed by atoms with van der Waals surface area (Å²) < 4.78 is 0. The van der Waals surface area contributed by atoms with E-state index in [1.165, 1.54) is 12.5 Å². The van der Waals surface area contributed by atoms with Gasteiger partial charge in [-0.15, -0.1) is 0 Å². The average Bonchev–Trinajstić information content (AvgIpc) is 2.64. The summed E-state index contributed by atoms with van der Waals surface area (Å²) in [6, 6.07) is 4.59. The molecule has 0 radical (unpaired) electrons. The van der Waals surface area contributed by atoms with Crippen molar-refractivity contribution in [1.82, 2.24) is 0 Å². The molecule has 0 fully saturated rings. The van der Waals surface area contributed by atoms with Crippen molar-refractivity contribution >= 4 is 5.97 Å². The fourth-order valence-electron chi connectivity index (χ4n) is 2.84. The van der Waals surface area contributed by atoms with Crippen LogP contribution < -0.4 is 0 Å². The molecule has 4 nitrogen and oxygen atoms in total. The van der Waals surface area contributed by atoms with Gasteiger partial charge in [0.05, 0.1) is 0 Å². The summed E-state index contributed by atoms with van der Waals surface area (Å²) in [5, 5.41) is 27.8. The summed E-state index contributed by atoms with van der Waals surface area (Å²) in [5.41, 5.74) is 1.38. The number of carboxylic acid groups (broad SMARTS) is 1. The number of benzene rings is 1.